The van der Waals surface area contributed by atoms with Gasteiger partial charge in [-0.2, -0.15) is 0 Å². The molecule has 3 rings (SSSR count). The zero-order valence-corrected chi connectivity index (χ0v) is 21.2. The Kier molecular flexibility index (Phi) is 10.5. The molecule has 1 amide bonds. The summed E-state index contributed by atoms with van der Waals surface area (Å²) in [6.07, 6.45) is 2.19. The summed E-state index contributed by atoms with van der Waals surface area (Å²) in [4.78, 5) is 12.4. The molecule has 0 aromatic heterocycles. The lowest BCUT2D eigenvalue weighted by molar-refractivity contribution is -0.120. The van der Waals surface area contributed by atoms with Crippen LogP contribution in [0.2, 0.25) is 0 Å². The van der Waals surface area contributed by atoms with Crippen LogP contribution >= 0.6 is 0 Å². The van der Waals surface area contributed by atoms with Crippen molar-refractivity contribution in [2.45, 2.75) is 58.3 Å². The van der Waals surface area contributed by atoms with E-state index >= 15 is 0 Å². The van der Waals surface area contributed by atoms with Gasteiger partial charge in [-0.1, -0.05) is 61.5 Å². The number of carbonyl (C=O) groups is 1. The van der Waals surface area contributed by atoms with E-state index in [4.69, 9.17) is 0 Å². The number of hydrogen-bond donors (Lipinski definition) is 5. The molecular formula is C30H38N2O4. The van der Waals surface area contributed by atoms with E-state index in [1.165, 1.54) is 17.2 Å². The summed E-state index contributed by atoms with van der Waals surface area (Å²) < 4.78 is 0. The molecule has 1 unspecified atom stereocenters. The smallest absolute Gasteiger partial charge is 0.224 e. The van der Waals surface area contributed by atoms with E-state index in [-0.39, 0.29) is 24.3 Å². The number of aliphatic hydroxyl groups excluding tert-OH is 2. The van der Waals surface area contributed by atoms with Crippen molar-refractivity contribution in [2.75, 3.05) is 13.1 Å². The average Bonchev–Trinajstić information content (AvgIpc) is 2.88. The van der Waals surface area contributed by atoms with Gasteiger partial charge in [0.05, 0.1) is 19.1 Å². The fourth-order valence-electron chi connectivity index (χ4n) is 4.20. The highest BCUT2D eigenvalue weighted by molar-refractivity contribution is 5.78. The third-order valence-corrected chi connectivity index (χ3v) is 6.38. The van der Waals surface area contributed by atoms with E-state index in [1.54, 1.807) is 12.1 Å². The Morgan fingerprint density at radius 1 is 0.944 bits per heavy atom. The van der Waals surface area contributed by atoms with E-state index in [0.29, 0.717) is 30.6 Å². The minimum Gasteiger partial charge on any atom is -0.508 e. The van der Waals surface area contributed by atoms with Crippen molar-refractivity contribution in [2.24, 2.45) is 0 Å². The maximum absolute atomic E-state index is 12.4. The highest BCUT2D eigenvalue weighted by atomic mass is 16.3. The summed E-state index contributed by atoms with van der Waals surface area (Å²) in [7, 11) is 0. The molecule has 36 heavy (non-hydrogen) atoms. The first-order valence-corrected chi connectivity index (χ1v) is 12.6. The van der Waals surface area contributed by atoms with E-state index in [2.05, 4.69) is 54.8 Å². The van der Waals surface area contributed by atoms with Crippen molar-refractivity contribution in [1.29, 1.82) is 0 Å². The summed E-state index contributed by atoms with van der Waals surface area (Å²) in [5.41, 5.74) is 5.68. The first-order chi connectivity index (χ1) is 17.4. The van der Waals surface area contributed by atoms with Crippen LogP contribution in [0, 0.1) is 0 Å². The van der Waals surface area contributed by atoms with Gasteiger partial charge in [0.15, 0.2) is 0 Å². The van der Waals surface area contributed by atoms with Crippen LogP contribution in [0.5, 0.6) is 5.75 Å². The maximum atomic E-state index is 12.4. The quantitative estimate of drug-likeness (QED) is 0.252. The van der Waals surface area contributed by atoms with E-state index in [9.17, 15) is 20.1 Å². The molecule has 0 saturated carbocycles. The van der Waals surface area contributed by atoms with Gasteiger partial charge >= 0.3 is 0 Å². The lowest BCUT2D eigenvalue weighted by Crippen LogP contribution is -2.32. The Hall–Kier alpha value is -3.19. The summed E-state index contributed by atoms with van der Waals surface area (Å²) in [6.45, 7) is 4.88. The molecule has 0 radical (unpaired) electrons. The second-order valence-corrected chi connectivity index (χ2v) is 9.34. The highest BCUT2D eigenvalue weighted by Crippen LogP contribution is 2.22. The van der Waals surface area contributed by atoms with E-state index in [1.807, 2.05) is 18.2 Å². The topological polar surface area (TPSA) is 102 Å². The first-order valence-electron chi connectivity index (χ1n) is 12.6. The normalized spacial score (nSPS) is 12.8. The average molecular weight is 491 g/mol. The molecule has 0 aliphatic rings. The lowest BCUT2D eigenvalue weighted by Gasteiger charge is -2.18. The Morgan fingerprint density at radius 2 is 1.67 bits per heavy atom. The van der Waals surface area contributed by atoms with Crippen LogP contribution < -0.4 is 10.6 Å². The molecule has 5 N–H and O–H groups in total. The molecular weight excluding hydrogens is 452 g/mol. The molecule has 0 saturated heterocycles. The first kappa shape index (κ1) is 27.4. The standard InChI is InChI=1S/C30H38N2O4/c1-3-22-7-9-23(10-8-22)13-14-31-30(36)17-25-6-4-5-24(16-25)15-21(2)32-19-29(35)26-11-12-28(34)27(18-26)20-33/h4-12,16,18,21,29,32-35H,3,13-15,17,19-20H2,1-2H3,(H,31,36)/t21?,29-/m0/s1. The molecule has 3 aromatic rings. The van der Waals surface area contributed by atoms with E-state index < -0.39 is 6.10 Å². The van der Waals surface area contributed by atoms with Gasteiger partial charge in [0.2, 0.25) is 5.91 Å². The van der Waals surface area contributed by atoms with Crippen LogP contribution in [0.4, 0.5) is 0 Å². The molecule has 192 valence electrons. The molecule has 6 heteroatoms. The summed E-state index contributed by atoms with van der Waals surface area (Å²) in [5, 5.41) is 35.8. The van der Waals surface area contributed by atoms with Crippen LogP contribution in [-0.4, -0.2) is 40.4 Å². The van der Waals surface area contributed by atoms with Gasteiger partial charge < -0.3 is 26.0 Å². The Bertz CT molecular complexity index is 1110. The monoisotopic (exact) mass is 490 g/mol. The molecule has 0 spiro atoms. The number of aliphatic hydroxyl groups is 2. The van der Waals surface area contributed by atoms with Crippen molar-refractivity contribution < 1.29 is 20.1 Å². The number of amides is 1. The second-order valence-electron chi connectivity index (χ2n) is 9.34. The fraction of sp³-hybridized carbons (Fsp3) is 0.367. The number of phenols is 1. The van der Waals surface area contributed by atoms with Gasteiger partial charge in [-0.05, 0) is 66.1 Å². The summed E-state index contributed by atoms with van der Waals surface area (Å²) in [5.74, 6) is 0.0350. The molecule has 0 aliphatic carbocycles. The van der Waals surface area contributed by atoms with Crippen molar-refractivity contribution >= 4 is 5.91 Å². The number of benzene rings is 3. The van der Waals surface area contributed by atoms with Gasteiger partial charge in [0.25, 0.3) is 0 Å². The number of carbonyl (C=O) groups excluding carboxylic acids is 1. The molecule has 0 fully saturated rings. The number of aryl methyl sites for hydroxylation is 1. The third kappa shape index (κ3) is 8.48. The lowest BCUT2D eigenvalue weighted by atomic mass is 10.0. The van der Waals surface area contributed by atoms with Crippen molar-refractivity contribution in [3.05, 3.63) is 100 Å². The molecule has 6 nitrogen and oxygen atoms in total. The zero-order valence-electron chi connectivity index (χ0n) is 21.2. The predicted octanol–water partition coefficient (Wildman–Crippen LogP) is 3.60. The van der Waals surface area contributed by atoms with Crippen LogP contribution in [0.15, 0.2) is 66.7 Å². The Balaban J connectivity index is 1.43. The maximum Gasteiger partial charge on any atom is 0.224 e. The molecule has 2 atom stereocenters. The SMILES string of the molecule is CCc1ccc(CCNC(=O)Cc2cccc(CC(C)NC[C@H](O)c3ccc(O)c(CO)c3)c2)cc1. The van der Waals surface area contributed by atoms with Crippen LogP contribution in [0.25, 0.3) is 0 Å². The Morgan fingerprint density at radius 3 is 2.39 bits per heavy atom. The number of nitrogens with one attached hydrogen (secondary N) is 2. The van der Waals surface area contributed by atoms with Gasteiger partial charge in [-0.3, -0.25) is 4.79 Å². The fourth-order valence-corrected chi connectivity index (χ4v) is 4.20. The number of rotatable bonds is 13. The number of hydrogen-bond acceptors (Lipinski definition) is 5. The second kappa shape index (κ2) is 13.8. The summed E-state index contributed by atoms with van der Waals surface area (Å²) in [6, 6.07) is 21.4. The van der Waals surface area contributed by atoms with Crippen LogP contribution in [-0.2, 0) is 37.1 Å². The molecule has 0 heterocycles. The third-order valence-electron chi connectivity index (χ3n) is 6.38. The van der Waals surface area contributed by atoms with Crippen molar-refractivity contribution in [3.8, 4) is 5.75 Å². The minimum atomic E-state index is -0.752. The minimum absolute atomic E-state index is 0.0165. The van der Waals surface area contributed by atoms with Crippen LogP contribution in [0.1, 0.15) is 53.3 Å². The number of aromatic hydroxyl groups is 1. The largest absolute Gasteiger partial charge is 0.508 e. The van der Waals surface area contributed by atoms with Crippen molar-refractivity contribution in [1.82, 2.24) is 10.6 Å². The molecule has 3 aromatic carbocycles. The van der Waals surface area contributed by atoms with Gasteiger partial charge in [-0.15, -0.1) is 0 Å². The van der Waals surface area contributed by atoms with E-state index in [0.717, 1.165) is 30.4 Å². The van der Waals surface area contributed by atoms with Gasteiger partial charge in [0, 0.05) is 24.7 Å². The highest BCUT2D eigenvalue weighted by Gasteiger charge is 2.13. The van der Waals surface area contributed by atoms with Crippen molar-refractivity contribution in [3.63, 3.8) is 0 Å². The van der Waals surface area contributed by atoms with Crippen LogP contribution in [0.3, 0.4) is 0 Å². The van der Waals surface area contributed by atoms with Gasteiger partial charge in [-0.25, -0.2) is 0 Å². The Labute approximate surface area is 214 Å². The molecule has 0 aliphatic heterocycles. The summed E-state index contributed by atoms with van der Waals surface area (Å²) >= 11 is 0. The zero-order chi connectivity index (χ0) is 25.9. The molecule has 0 bridgehead atoms. The van der Waals surface area contributed by atoms with Gasteiger partial charge in [0.1, 0.15) is 5.75 Å². The predicted molar refractivity (Wildman–Crippen MR) is 143 cm³/mol.